The van der Waals surface area contributed by atoms with Crippen LogP contribution in [-0.4, -0.2) is 32.2 Å². The maximum Gasteiger partial charge on any atom is 0.335 e. The number of esters is 1. The molecule has 1 aromatic carbocycles. The van der Waals surface area contributed by atoms with Crippen LogP contribution in [0.5, 0.6) is 0 Å². The number of imidazole rings is 1. The number of ether oxygens (including phenoxy) is 1. The lowest BCUT2D eigenvalue weighted by Gasteiger charge is -2.27. The molecule has 2 aromatic rings. The maximum atomic E-state index is 12.5. The van der Waals surface area contributed by atoms with Gasteiger partial charge in [0.2, 0.25) is 0 Å². The van der Waals surface area contributed by atoms with Gasteiger partial charge in [-0.05, 0) is 39.3 Å². The van der Waals surface area contributed by atoms with Crippen LogP contribution in [0.2, 0.25) is 0 Å². The molecule has 1 aliphatic heterocycles. The van der Waals surface area contributed by atoms with Gasteiger partial charge in [0.1, 0.15) is 11.4 Å². The van der Waals surface area contributed by atoms with Crippen molar-refractivity contribution in [2.24, 2.45) is 11.7 Å². The molecule has 7 nitrogen and oxygen atoms in total. The van der Waals surface area contributed by atoms with Crippen LogP contribution < -0.4 is 5.73 Å². The molecule has 0 bridgehead atoms. The van der Waals surface area contributed by atoms with E-state index in [0.29, 0.717) is 19.4 Å². The summed E-state index contributed by atoms with van der Waals surface area (Å²) < 4.78 is 7.55. The quantitative estimate of drug-likeness (QED) is 0.800. The summed E-state index contributed by atoms with van der Waals surface area (Å²) in [6, 6.07) is 6.59. The normalized spacial score (nSPS) is 16.7. The number of carbonyl (C=O) groups is 2. The molecular weight excluding hydrogens is 346 g/mol. The predicted octanol–water partition coefficient (Wildman–Crippen LogP) is 2.61. The molecule has 0 spiro atoms. The van der Waals surface area contributed by atoms with Crippen molar-refractivity contribution in [1.29, 1.82) is 0 Å². The zero-order valence-corrected chi connectivity index (χ0v) is 15.9. The largest absolute Gasteiger partial charge is 0.478 e. The average molecular weight is 371 g/mol. The van der Waals surface area contributed by atoms with Gasteiger partial charge < -0.3 is 20.1 Å². The Morgan fingerprint density at radius 3 is 2.52 bits per heavy atom. The number of carboxylic acid groups (broad SMARTS) is 1. The number of hydrogen-bond donors (Lipinski definition) is 2. The first-order valence-electron chi connectivity index (χ1n) is 9.04. The molecule has 3 rings (SSSR count). The van der Waals surface area contributed by atoms with Crippen LogP contribution in [0.3, 0.4) is 0 Å². The minimum absolute atomic E-state index is 0.197. The number of aromatic nitrogens is 2. The van der Waals surface area contributed by atoms with E-state index in [1.54, 1.807) is 24.3 Å². The van der Waals surface area contributed by atoms with Crippen molar-refractivity contribution in [3.63, 3.8) is 0 Å². The minimum atomic E-state index is -0.968. The second-order valence-electron chi connectivity index (χ2n) is 7.79. The van der Waals surface area contributed by atoms with E-state index >= 15 is 0 Å². The van der Waals surface area contributed by atoms with Gasteiger partial charge in [0, 0.05) is 25.1 Å². The summed E-state index contributed by atoms with van der Waals surface area (Å²) in [5.74, 6) is -0.492. The first-order valence-corrected chi connectivity index (χ1v) is 9.04. The van der Waals surface area contributed by atoms with E-state index in [9.17, 15) is 9.59 Å². The van der Waals surface area contributed by atoms with Crippen LogP contribution in [0.1, 0.15) is 49.1 Å². The molecule has 7 heteroatoms. The number of rotatable bonds is 4. The number of aromatic carboxylic acids is 1. The van der Waals surface area contributed by atoms with Crippen molar-refractivity contribution in [2.45, 2.75) is 52.3 Å². The van der Waals surface area contributed by atoms with Crippen LogP contribution in [0.15, 0.2) is 24.3 Å². The Morgan fingerprint density at radius 2 is 1.96 bits per heavy atom. The molecule has 1 aliphatic rings. The number of hydrogen-bond acceptors (Lipinski definition) is 5. The third-order valence-electron chi connectivity index (χ3n) is 4.61. The molecular formula is C20H25N3O4. The van der Waals surface area contributed by atoms with E-state index in [-0.39, 0.29) is 24.0 Å². The number of nitrogens with two attached hydrogens (primary N) is 1. The topological polar surface area (TPSA) is 107 Å². The van der Waals surface area contributed by atoms with Gasteiger partial charge in [-0.25, -0.2) is 9.78 Å². The summed E-state index contributed by atoms with van der Waals surface area (Å²) in [7, 11) is 0. The smallest absolute Gasteiger partial charge is 0.335 e. The van der Waals surface area contributed by atoms with Crippen LogP contribution in [0.25, 0.3) is 11.3 Å². The summed E-state index contributed by atoms with van der Waals surface area (Å²) in [4.78, 5) is 28.2. The van der Waals surface area contributed by atoms with Crippen LogP contribution in [0, 0.1) is 5.92 Å². The molecule has 2 heterocycles. The van der Waals surface area contributed by atoms with E-state index in [1.807, 2.05) is 25.3 Å². The monoisotopic (exact) mass is 371 g/mol. The number of benzene rings is 1. The Bertz CT molecular complexity index is 863. The average Bonchev–Trinajstić information content (AvgIpc) is 2.98. The van der Waals surface area contributed by atoms with Gasteiger partial charge in [0.15, 0.2) is 0 Å². The van der Waals surface area contributed by atoms with Gasteiger partial charge in [0.05, 0.1) is 22.9 Å². The highest BCUT2D eigenvalue weighted by atomic mass is 16.6. The van der Waals surface area contributed by atoms with Crippen LogP contribution >= 0.6 is 0 Å². The van der Waals surface area contributed by atoms with E-state index in [0.717, 1.165) is 22.8 Å². The fourth-order valence-electron chi connectivity index (χ4n) is 3.35. The van der Waals surface area contributed by atoms with Gasteiger partial charge >= 0.3 is 11.9 Å². The molecule has 144 valence electrons. The zero-order valence-electron chi connectivity index (χ0n) is 15.9. The number of carbonyl (C=O) groups excluding carboxylic acids is 1. The third-order valence-corrected chi connectivity index (χ3v) is 4.61. The molecule has 0 fully saturated rings. The van der Waals surface area contributed by atoms with Crippen molar-refractivity contribution in [3.05, 3.63) is 41.3 Å². The van der Waals surface area contributed by atoms with Crippen LogP contribution in [-0.2, 0) is 29.0 Å². The fraction of sp³-hybridized carbons (Fsp3) is 0.450. The van der Waals surface area contributed by atoms with E-state index in [1.165, 1.54) is 0 Å². The number of nitrogens with zero attached hydrogens (tertiary/aromatic N) is 2. The standard InChI is InChI=1S/C20H25N3O4/c1-20(2,3)27-19(26)14-8-9-16-22-17(15(10-21)23(16)11-14)12-4-6-13(7-5-12)18(24)25/h4-7,14H,8-11,21H2,1-3H3,(H,24,25). The summed E-state index contributed by atoms with van der Waals surface area (Å²) in [5.41, 5.74) is 8.11. The first-order chi connectivity index (χ1) is 12.7. The molecule has 0 aliphatic carbocycles. The van der Waals surface area contributed by atoms with Crippen molar-refractivity contribution < 1.29 is 19.4 Å². The van der Waals surface area contributed by atoms with E-state index in [4.69, 9.17) is 20.6 Å². The zero-order chi connectivity index (χ0) is 19.8. The number of aryl methyl sites for hydroxylation is 1. The number of carboxylic acids is 1. The van der Waals surface area contributed by atoms with Gasteiger partial charge in [-0.1, -0.05) is 12.1 Å². The Kier molecular flexibility index (Phi) is 5.06. The van der Waals surface area contributed by atoms with Crippen molar-refractivity contribution in [1.82, 2.24) is 9.55 Å². The summed E-state index contributed by atoms with van der Waals surface area (Å²) >= 11 is 0. The molecule has 1 atom stereocenters. The Balaban J connectivity index is 1.89. The molecule has 0 saturated heterocycles. The highest BCUT2D eigenvalue weighted by molar-refractivity contribution is 5.88. The Labute approximate surface area is 158 Å². The summed E-state index contributed by atoms with van der Waals surface area (Å²) in [6.45, 7) is 6.36. The Hall–Kier alpha value is -2.67. The van der Waals surface area contributed by atoms with Gasteiger partial charge in [-0.2, -0.15) is 0 Å². The minimum Gasteiger partial charge on any atom is -0.478 e. The highest BCUT2D eigenvalue weighted by Gasteiger charge is 2.31. The van der Waals surface area contributed by atoms with Crippen molar-refractivity contribution in [2.75, 3.05) is 0 Å². The van der Waals surface area contributed by atoms with E-state index < -0.39 is 11.6 Å². The van der Waals surface area contributed by atoms with Gasteiger partial charge in [-0.15, -0.1) is 0 Å². The lowest BCUT2D eigenvalue weighted by Crippen LogP contribution is -2.34. The predicted molar refractivity (Wildman–Crippen MR) is 100 cm³/mol. The SMILES string of the molecule is CC(C)(C)OC(=O)C1CCc2nc(-c3ccc(C(=O)O)cc3)c(CN)n2C1. The van der Waals surface area contributed by atoms with Crippen molar-refractivity contribution >= 4 is 11.9 Å². The third kappa shape index (κ3) is 4.03. The first kappa shape index (κ1) is 19.1. The van der Waals surface area contributed by atoms with Gasteiger partial charge in [-0.3, -0.25) is 4.79 Å². The lowest BCUT2D eigenvalue weighted by atomic mass is 9.99. The fourth-order valence-corrected chi connectivity index (χ4v) is 3.35. The van der Waals surface area contributed by atoms with Crippen LogP contribution in [0.4, 0.5) is 0 Å². The Morgan fingerprint density at radius 1 is 1.30 bits per heavy atom. The van der Waals surface area contributed by atoms with Gasteiger partial charge in [0.25, 0.3) is 0 Å². The molecule has 0 radical (unpaired) electrons. The summed E-state index contributed by atoms with van der Waals surface area (Å²) in [6.07, 6.45) is 1.36. The number of fused-ring (bicyclic) bond motifs is 1. The molecule has 3 N–H and O–H groups in total. The summed E-state index contributed by atoms with van der Waals surface area (Å²) in [5, 5.41) is 9.06. The lowest BCUT2D eigenvalue weighted by molar-refractivity contribution is -0.161. The molecule has 0 saturated carbocycles. The maximum absolute atomic E-state index is 12.5. The molecule has 1 unspecified atom stereocenters. The van der Waals surface area contributed by atoms with Crippen molar-refractivity contribution in [3.8, 4) is 11.3 Å². The molecule has 0 amide bonds. The molecule has 27 heavy (non-hydrogen) atoms. The highest BCUT2D eigenvalue weighted by Crippen LogP contribution is 2.30. The second kappa shape index (κ2) is 7.15. The second-order valence-corrected chi connectivity index (χ2v) is 7.79. The molecule has 1 aromatic heterocycles. The van der Waals surface area contributed by atoms with E-state index in [2.05, 4.69) is 0 Å².